The smallest absolute Gasteiger partial charge is 0.243 e. The molecule has 2 rings (SSSR count). The van der Waals surface area contributed by atoms with Gasteiger partial charge in [-0.05, 0) is 67.8 Å². The number of carbonyl (C=O) groups is 2. The summed E-state index contributed by atoms with van der Waals surface area (Å²) in [5, 5.41) is 8.78. The second kappa shape index (κ2) is 8.87. The number of hydrogen-bond acceptors (Lipinski definition) is 3. The van der Waals surface area contributed by atoms with E-state index in [9.17, 15) is 9.59 Å². The summed E-state index contributed by atoms with van der Waals surface area (Å²) >= 11 is 0. The molecule has 0 radical (unpaired) electrons. The highest BCUT2D eigenvalue weighted by Crippen LogP contribution is 2.15. The van der Waals surface area contributed by atoms with Gasteiger partial charge in [-0.2, -0.15) is 0 Å². The van der Waals surface area contributed by atoms with Crippen molar-refractivity contribution in [3.63, 3.8) is 0 Å². The predicted molar refractivity (Wildman–Crippen MR) is 103 cm³/mol. The van der Waals surface area contributed by atoms with Gasteiger partial charge in [0.1, 0.15) is 0 Å². The Hall–Kier alpha value is -2.82. The molecule has 2 amide bonds. The highest BCUT2D eigenvalue weighted by molar-refractivity contribution is 5.94. The van der Waals surface area contributed by atoms with Crippen LogP contribution in [-0.4, -0.2) is 18.4 Å². The molecule has 0 heterocycles. The summed E-state index contributed by atoms with van der Waals surface area (Å²) in [5.74, 6) is -0.126. The summed E-state index contributed by atoms with van der Waals surface area (Å²) in [4.78, 5) is 23.6. The van der Waals surface area contributed by atoms with E-state index in [-0.39, 0.29) is 18.4 Å². The van der Waals surface area contributed by atoms with Gasteiger partial charge in [-0.25, -0.2) is 0 Å². The van der Waals surface area contributed by atoms with E-state index in [1.807, 2.05) is 32.9 Å². The van der Waals surface area contributed by atoms with Gasteiger partial charge in [0.2, 0.25) is 11.8 Å². The Kier molecular flexibility index (Phi) is 6.57. The van der Waals surface area contributed by atoms with Crippen molar-refractivity contribution in [1.82, 2.24) is 0 Å². The lowest BCUT2D eigenvalue weighted by molar-refractivity contribution is -0.116. The Morgan fingerprint density at radius 1 is 0.800 bits per heavy atom. The normalized spacial score (nSPS) is 10.2. The van der Waals surface area contributed by atoms with Crippen LogP contribution >= 0.6 is 0 Å². The molecule has 0 saturated heterocycles. The third-order valence-corrected chi connectivity index (χ3v) is 3.60. The number of amides is 2. The Balaban J connectivity index is 1.84. The molecular weight excluding hydrogens is 314 g/mol. The average Bonchev–Trinajstić information content (AvgIpc) is 2.54. The first kappa shape index (κ1) is 18.5. The van der Waals surface area contributed by atoms with Crippen LogP contribution in [0.15, 0.2) is 42.5 Å². The maximum atomic E-state index is 12.1. The first-order chi connectivity index (χ1) is 12.0. The van der Waals surface area contributed by atoms with Crippen LogP contribution in [0.25, 0.3) is 0 Å². The summed E-state index contributed by atoms with van der Waals surface area (Å²) in [6.45, 7) is 6.21. The van der Waals surface area contributed by atoms with E-state index in [4.69, 9.17) is 0 Å². The van der Waals surface area contributed by atoms with Gasteiger partial charge in [0.25, 0.3) is 0 Å². The summed E-state index contributed by atoms with van der Waals surface area (Å²) < 4.78 is 0. The van der Waals surface area contributed by atoms with E-state index >= 15 is 0 Å². The summed E-state index contributed by atoms with van der Waals surface area (Å²) in [5.41, 5.74) is 4.67. The minimum Gasteiger partial charge on any atom is -0.376 e. The molecule has 0 spiro atoms. The van der Waals surface area contributed by atoms with Gasteiger partial charge < -0.3 is 16.0 Å². The molecule has 2 aromatic carbocycles. The van der Waals surface area contributed by atoms with Crippen molar-refractivity contribution >= 4 is 28.9 Å². The van der Waals surface area contributed by atoms with Gasteiger partial charge in [-0.3, -0.25) is 9.59 Å². The number of carbonyl (C=O) groups excluding carboxylic acids is 2. The first-order valence-corrected chi connectivity index (χ1v) is 8.48. The Morgan fingerprint density at radius 2 is 1.32 bits per heavy atom. The number of anilines is 3. The molecule has 0 aliphatic rings. The quantitative estimate of drug-likeness (QED) is 0.711. The van der Waals surface area contributed by atoms with E-state index in [0.717, 1.165) is 28.9 Å². The molecule has 5 heteroatoms. The van der Waals surface area contributed by atoms with E-state index in [1.165, 1.54) is 0 Å². The molecule has 5 nitrogen and oxygen atoms in total. The molecule has 0 aromatic heterocycles. The van der Waals surface area contributed by atoms with Gasteiger partial charge in [0.15, 0.2) is 0 Å². The lowest BCUT2D eigenvalue weighted by Gasteiger charge is -2.10. The van der Waals surface area contributed by atoms with Crippen molar-refractivity contribution in [3.8, 4) is 0 Å². The van der Waals surface area contributed by atoms with Crippen LogP contribution in [-0.2, 0) is 9.59 Å². The van der Waals surface area contributed by atoms with E-state index in [0.29, 0.717) is 12.1 Å². The number of nitrogens with one attached hydrogen (secondary N) is 3. The SMILES string of the molecule is CCCC(=O)Nc1ccc(NC(=O)CNc2cc(C)cc(C)c2)cc1. The van der Waals surface area contributed by atoms with Crippen molar-refractivity contribution in [2.24, 2.45) is 0 Å². The second-order valence-corrected chi connectivity index (χ2v) is 6.15. The molecule has 0 fully saturated rings. The fraction of sp³-hybridized carbons (Fsp3) is 0.300. The fourth-order valence-electron chi connectivity index (χ4n) is 2.55. The molecule has 0 aliphatic carbocycles. The number of benzene rings is 2. The average molecular weight is 339 g/mol. The zero-order valence-electron chi connectivity index (χ0n) is 15.0. The molecule has 2 aromatic rings. The minimum absolute atomic E-state index is 0.00284. The van der Waals surface area contributed by atoms with Gasteiger partial charge in [0, 0.05) is 23.5 Å². The van der Waals surface area contributed by atoms with Gasteiger partial charge in [-0.1, -0.05) is 13.0 Å². The van der Waals surface area contributed by atoms with Crippen molar-refractivity contribution in [2.45, 2.75) is 33.6 Å². The van der Waals surface area contributed by atoms with Crippen molar-refractivity contribution in [3.05, 3.63) is 53.6 Å². The number of hydrogen-bond donors (Lipinski definition) is 3. The van der Waals surface area contributed by atoms with Crippen LogP contribution in [0.4, 0.5) is 17.1 Å². The predicted octanol–water partition coefficient (Wildman–Crippen LogP) is 4.09. The summed E-state index contributed by atoms with van der Waals surface area (Å²) in [6.07, 6.45) is 1.32. The van der Waals surface area contributed by atoms with Crippen LogP contribution in [0.5, 0.6) is 0 Å². The molecular formula is C20H25N3O2. The number of rotatable bonds is 7. The molecule has 0 aliphatic heterocycles. The van der Waals surface area contributed by atoms with Crippen LogP contribution in [0.1, 0.15) is 30.9 Å². The van der Waals surface area contributed by atoms with E-state index < -0.39 is 0 Å². The summed E-state index contributed by atoms with van der Waals surface area (Å²) in [6, 6.07) is 13.2. The Bertz CT molecular complexity index is 719. The first-order valence-electron chi connectivity index (χ1n) is 8.48. The standard InChI is InChI=1S/C20H25N3O2/c1-4-5-19(24)22-16-6-8-17(9-7-16)23-20(25)13-21-18-11-14(2)10-15(3)12-18/h6-12,21H,4-5,13H2,1-3H3,(H,22,24)(H,23,25). The maximum absolute atomic E-state index is 12.1. The highest BCUT2D eigenvalue weighted by atomic mass is 16.2. The van der Waals surface area contributed by atoms with Crippen LogP contribution in [0.3, 0.4) is 0 Å². The molecule has 0 unspecified atom stereocenters. The molecule has 0 atom stereocenters. The van der Waals surface area contributed by atoms with Gasteiger partial charge in [-0.15, -0.1) is 0 Å². The lowest BCUT2D eigenvalue weighted by Crippen LogP contribution is -2.21. The Labute approximate surface area is 148 Å². The third-order valence-electron chi connectivity index (χ3n) is 3.60. The molecule has 25 heavy (non-hydrogen) atoms. The van der Waals surface area contributed by atoms with Gasteiger partial charge in [0.05, 0.1) is 6.54 Å². The topological polar surface area (TPSA) is 70.2 Å². The largest absolute Gasteiger partial charge is 0.376 e. The zero-order valence-corrected chi connectivity index (χ0v) is 15.0. The molecule has 132 valence electrons. The van der Waals surface area contributed by atoms with Crippen molar-refractivity contribution in [1.29, 1.82) is 0 Å². The molecule has 3 N–H and O–H groups in total. The van der Waals surface area contributed by atoms with Crippen molar-refractivity contribution < 1.29 is 9.59 Å². The third kappa shape index (κ3) is 6.30. The van der Waals surface area contributed by atoms with E-state index in [1.54, 1.807) is 24.3 Å². The maximum Gasteiger partial charge on any atom is 0.243 e. The molecule has 0 saturated carbocycles. The monoisotopic (exact) mass is 339 g/mol. The second-order valence-electron chi connectivity index (χ2n) is 6.15. The zero-order chi connectivity index (χ0) is 18.2. The van der Waals surface area contributed by atoms with Crippen molar-refractivity contribution in [2.75, 3.05) is 22.5 Å². The summed E-state index contributed by atoms with van der Waals surface area (Å²) in [7, 11) is 0. The number of aryl methyl sites for hydroxylation is 2. The minimum atomic E-state index is -0.123. The highest BCUT2D eigenvalue weighted by Gasteiger charge is 2.04. The van der Waals surface area contributed by atoms with Crippen LogP contribution < -0.4 is 16.0 Å². The van der Waals surface area contributed by atoms with Crippen LogP contribution in [0, 0.1) is 13.8 Å². The van der Waals surface area contributed by atoms with E-state index in [2.05, 4.69) is 22.0 Å². The van der Waals surface area contributed by atoms with Crippen LogP contribution in [0.2, 0.25) is 0 Å². The lowest BCUT2D eigenvalue weighted by atomic mass is 10.1. The molecule has 0 bridgehead atoms. The van der Waals surface area contributed by atoms with Gasteiger partial charge >= 0.3 is 0 Å². The Morgan fingerprint density at radius 3 is 1.84 bits per heavy atom. The fourth-order valence-corrected chi connectivity index (χ4v) is 2.55.